The van der Waals surface area contributed by atoms with E-state index in [0.29, 0.717) is 35.4 Å². The Bertz CT molecular complexity index is 1490. The minimum absolute atomic E-state index is 0.130. The molecule has 0 aliphatic rings. The minimum Gasteiger partial charge on any atom is -0.493 e. The number of carbonyl (C=O) groups excluding carboxylic acids is 1. The molecule has 0 aliphatic carbocycles. The molecule has 0 radical (unpaired) electrons. The molecule has 11 heteroatoms. The number of methoxy groups -OCH3 is 2. The quantitative estimate of drug-likeness (QED) is 0.324. The largest absolute Gasteiger partial charge is 0.493 e. The fourth-order valence-corrected chi connectivity index (χ4v) is 3.70. The van der Waals surface area contributed by atoms with Crippen LogP contribution in [0.4, 0.5) is 0 Å². The van der Waals surface area contributed by atoms with Crippen molar-refractivity contribution >= 4 is 22.6 Å². The highest BCUT2D eigenvalue weighted by atomic mass is 16.5. The lowest BCUT2D eigenvalue weighted by Gasteiger charge is -2.09. The van der Waals surface area contributed by atoms with Gasteiger partial charge in [0.25, 0.3) is 0 Å². The van der Waals surface area contributed by atoms with Gasteiger partial charge >= 0.3 is 0 Å². The van der Waals surface area contributed by atoms with Gasteiger partial charge in [0.2, 0.25) is 11.8 Å². The molecule has 0 atom stereocenters. The van der Waals surface area contributed by atoms with E-state index in [2.05, 4.69) is 25.6 Å². The number of imidazole rings is 1. The molecule has 0 fully saturated rings. The van der Waals surface area contributed by atoms with Gasteiger partial charge in [0.05, 0.1) is 38.1 Å². The molecule has 1 N–H and O–H groups in total. The molecule has 5 rings (SSSR count). The van der Waals surface area contributed by atoms with Crippen LogP contribution >= 0.6 is 0 Å². The fourth-order valence-electron chi connectivity index (χ4n) is 3.70. The van der Waals surface area contributed by atoms with E-state index in [-0.39, 0.29) is 19.1 Å². The average molecular weight is 473 g/mol. The summed E-state index contributed by atoms with van der Waals surface area (Å²) in [5, 5.41) is 15.8. The number of amides is 1. The van der Waals surface area contributed by atoms with Crippen molar-refractivity contribution in [2.75, 3.05) is 27.4 Å². The Morgan fingerprint density at radius 1 is 1.00 bits per heavy atom. The topological polar surface area (TPSA) is 118 Å². The van der Waals surface area contributed by atoms with Crippen molar-refractivity contribution in [2.45, 2.75) is 6.54 Å². The molecular formula is C24H23N7O4. The van der Waals surface area contributed by atoms with Crippen LogP contribution in [0.2, 0.25) is 0 Å². The van der Waals surface area contributed by atoms with E-state index in [1.165, 1.54) is 0 Å². The molecule has 0 bridgehead atoms. The second kappa shape index (κ2) is 9.67. The van der Waals surface area contributed by atoms with Gasteiger partial charge in [-0.3, -0.25) is 4.79 Å². The highest BCUT2D eigenvalue weighted by Gasteiger charge is 2.14. The van der Waals surface area contributed by atoms with Crippen molar-refractivity contribution in [1.82, 2.24) is 34.7 Å². The van der Waals surface area contributed by atoms with Gasteiger partial charge in [-0.25, -0.2) is 4.98 Å². The molecule has 2 aromatic carbocycles. The van der Waals surface area contributed by atoms with Gasteiger partial charge in [0, 0.05) is 11.6 Å². The normalized spacial score (nSPS) is 11.0. The van der Waals surface area contributed by atoms with Crippen LogP contribution in [0.15, 0.2) is 60.9 Å². The second-order valence-corrected chi connectivity index (χ2v) is 7.59. The van der Waals surface area contributed by atoms with E-state index in [4.69, 9.17) is 14.2 Å². The van der Waals surface area contributed by atoms with Crippen LogP contribution in [0.3, 0.4) is 0 Å². The molecule has 178 valence electrons. The van der Waals surface area contributed by atoms with Crippen LogP contribution in [0, 0.1) is 0 Å². The van der Waals surface area contributed by atoms with Crippen LogP contribution < -0.4 is 19.5 Å². The average Bonchev–Trinajstić information content (AvgIpc) is 3.50. The number of nitrogens with zero attached hydrogens (tertiary/aromatic N) is 6. The zero-order valence-corrected chi connectivity index (χ0v) is 19.2. The number of hydrogen-bond donors (Lipinski definition) is 1. The lowest BCUT2D eigenvalue weighted by molar-refractivity contribution is -0.121. The molecule has 0 spiro atoms. The van der Waals surface area contributed by atoms with Crippen LogP contribution in [0.1, 0.15) is 0 Å². The number of aromatic nitrogens is 6. The van der Waals surface area contributed by atoms with Crippen LogP contribution in [0.25, 0.3) is 28.1 Å². The van der Waals surface area contributed by atoms with Gasteiger partial charge in [-0.2, -0.15) is 4.52 Å². The molecule has 3 heterocycles. The third-order valence-corrected chi connectivity index (χ3v) is 5.40. The number of rotatable bonds is 9. The molecule has 5 aromatic rings. The maximum Gasteiger partial charge on any atom is 0.240 e. The first-order valence-corrected chi connectivity index (χ1v) is 10.9. The molecule has 3 aromatic heterocycles. The summed E-state index contributed by atoms with van der Waals surface area (Å²) in [5.74, 6) is 1.98. The van der Waals surface area contributed by atoms with E-state index in [1.54, 1.807) is 43.3 Å². The first-order valence-electron chi connectivity index (χ1n) is 10.9. The van der Waals surface area contributed by atoms with Gasteiger partial charge in [-0.15, -0.1) is 15.3 Å². The van der Waals surface area contributed by atoms with Crippen molar-refractivity contribution in [1.29, 1.82) is 0 Å². The SMILES string of the molecule is COc1ccc(-c2nnc3ccc(OCCNC(=O)Cn4cnc5ccccc54)nn23)cc1OC. The first kappa shape index (κ1) is 22.1. The maximum atomic E-state index is 12.3. The highest BCUT2D eigenvalue weighted by Crippen LogP contribution is 2.31. The number of fused-ring (bicyclic) bond motifs is 2. The molecule has 35 heavy (non-hydrogen) atoms. The number of nitrogens with one attached hydrogen (secondary N) is 1. The summed E-state index contributed by atoms with van der Waals surface area (Å²) in [6, 6.07) is 16.6. The van der Waals surface area contributed by atoms with Gasteiger partial charge in [0.15, 0.2) is 23.0 Å². The zero-order chi connectivity index (χ0) is 24.2. The van der Waals surface area contributed by atoms with Crippen molar-refractivity contribution in [3.8, 4) is 28.8 Å². The summed E-state index contributed by atoms with van der Waals surface area (Å²) in [5.41, 5.74) is 3.10. The van der Waals surface area contributed by atoms with Crippen LogP contribution in [-0.4, -0.2) is 62.6 Å². The van der Waals surface area contributed by atoms with Crippen LogP contribution in [0.5, 0.6) is 17.4 Å². The van der Waals surface area contributed by atoms with Gasteiger partial charge < -0.3 is 24.1 Å². The molecular weight excluding hydrogens is 450 g/mol. The predicted molar refractivity (Wildman–Crippen MR) is 128 cm³/mol. The van der Waals surface area contributed by atoms with Crippen LogP contribution in [-0.2, 0) is 11.3 Å². The van der Waals surface area contributed by atoms with Crippen molar-refractivity contribution in [3.05, 3.63) is 60.9 Å². The molecule has 0 aliphatic heterocycles. The Balaban J connectivity index is 1.21. The van der Waals surface area contributed by atoms with E-state index in [9.17, 15) is 4.79 Å². The summed E-state index contributed by atoms with van der Waals surface area (Å²) < 4.78 is 19.8. The Morgan fingerprint density at radius 2 is 1.86 bits per heavy atom. The Labute approximate surface area is 200 Å². The Morgan fingerprint density at radius 3 is 2.71 bits per heavy atom. The third kappa shape index (κ3) is 4.56. The highest BCUT2D eigenvalue weighted by molar-refractivity contribution is 5.80. The van der Waals surface area contributed by atoms with E-state index < -0.39 is 0 Å². The van der Waals surface area contributed by atoms with Gasteiger partial charge in [-0.05, 0) is 36.4 Å². The Hall–Kier alpha value is -4.67. The lowest BCUT2D eigenvalue weighted by atomic mass is 10.2. The number of benzene rings is 2. The van der Waals surface area contributed by atoms with Crippen molar-refractivity contribution < 1.29 is 19.0 Å². The van der Waals surface area contributed by atoms with E-state index in [0.717, 1.165) is 16.6 Å². The maximum absolute atomic E-state index is 12.3. The lowest BCUT2D eigenvalue weighted by Crippen LogP contribution is -2.31. The Kier molecular flexibility index (Phi) is 6.12. The monoisotopic (exact) mass is 473 g/mol. The summed E-state index contributed by atoms with van der Waals surface area (Å²) in [4.78, 5) is 16.6. The summed E-state index contributed by atoms with van der Waals surface area (Å²) in [6.45, 7) is 0.763. The first-order chi connectivity index (χ1) is 17.2. The van der Waals surface area contributed by atoms with Gasteiger partial charge in [0.1, 0.15) is 13.2 Å². The second-order valence-electron chi connectivity index (χ2n) is 7.59. The summed E-state index contributed by atoms with van der Waals surface area (Å²) in [6.07, 6.45) is 1.66. The molecule has 0 saturated heterocycles. The minimum atomic E-state index is -0.130. The number of para-hydroxylation sites is 2. The summed E-state index contributed by atoms with van der Waals surface area (Å²) in [7, 11) is 3.15. The predicted octanol–water partition coefficient (Wildman–Crippen LogP) is 2.35. The molecule has 11 nitrogen and oxygen atoms in total. The van der Waals surface area contributed by atoms with E-state index in [1.807, 2.05) is 41.0 Å². The number of hydrogen-bond acceptors (Lipinski definition) is 8. The molecule has 0 unspecified atom stereocenters. The number of ether oxygens (including phenoxy) is 3. The fraction of sp³-hybridized carbons (Fsp3) is 0.208. The molecule has 0 saturated carbocycles. The number of carbonyl (C=O) groups is 1. The smallest absolute Gasteiger partial charge is 0.240 e. The van der Waals surface area contributed by atoms with Gasteiger partial charge in [-0.1, -0.05) is 12.1 Å². The van der Waals surface area contributed by atoms with E-state index >= 15 is 0 Å². The van der Waals surface area contributed by atoms with Crippen molar-refractivity contribution in [3.63, 3.8) is 0 Å². The third-order valence-electron chi connectivity index (χ3n) is 5.40. The van der Waals surface area contributed by atoms with Crippen molar-refractivity contribution in [2.24, 2.45) is 0 Å². The summed E-state index contributed by atoms with van der Waals surface area (Å²) >= 11 is 0. The standard InChI is InChI=1S/C24H23N7O4/c1-33-19-8-7-16(13-20(19)34-2)24-28-27-21-9-10-23(29-31(21)24)35-12-11-25-22(32)14-30-15-26-17-5-3-4-6-18(17)30/h3-10,13,15H,11-12,14H2,1-2H3,(H,25,32). The molecule has 1 amide bonds. The zero-order valence-electron chi connectivity index (χ0n) is 19.2.